The number of aliphatic hydroxyl groups excluding tert-OH is 1. The van der Waals surface area contributed by atoms with Crippen molar-refractivity contribution in [1.82, 2.24) is 0 Å². The molecule has 31 heavy (non-hydrogen) atoms. The molecule has 0 saturated heterocycles. The van der Waals surface area contributed by atoms with Gasteiger partial charge in [-0.3, -0.25) is 4.79 Å². The number of hydrogen-bond acceptors (Lipinski definition) is 4. The van der Waals surface area contributed by atoms with Crippen molar-refractivity contribution in [3.63, 3.8) is 0 Å². The zero-order valence-corrected chi connectivity index (χ0v) is 19.3. The van der Waals surface area contributed by atoms with Crippen molar-refractivity contribution in [1.29, 1.82) is 0 Å². The highest BCUT2D eigenvalue weighted by Crippen LogP contribution is 2.39. The van der Waals surface area contributed by atoms with Crippen LogP contribution in [0.3, 0.4) is 0 Å². The minimum absolute atomic E-state index is 0.130. The second-order valence-corrected chi connectivity index (χ2v) is 8.75. The van der Waals surface area contributed by atoms with Gasteiger partial charge in [-0.25, -0.2) is 0 Å². The monoisotopic (exact) mass is 450 g/mol. The Kier molecular flexibility index (Phi) is 11.1. The van der Waals surface area contributed by atoms with Crippen molar-refractivity contribution in [2.45, 2.75) is 63.0 Å². The summed E-state index contributed by atoms with van der Waals surface area (Å²) in [4.78, 5) is 10.6. The number of hydrogen-bond donors (Lipinski definition) is 2. The van der Waals surface area contributed by atoms with Gasteiger partial charge in [0.25, 0.3) is 0 Å². The third kappa shape index (κ3) is 9.06. The number of alkyl halides is 1. The van der Waals surface area contributed by atoms with Crippen molar-refractivity contribution < 1.29 is 24.5 Å². The predicted molar refractivity (Wildman–Crippen MR) is 124 cm³/mol. The molecule has 0 spiro atoms. The summed E-state index contributed by atoms with van der Waals surface area (Å²) < 4.78 is 10.6. The number of unbranched alkanes of at least 4 members (excludes halogenated alkanes) is 1. The maximum absolute atomic E-state index is 10.6. The van der Waals surface area contributed by atoms with Crippen molar-refractivity contribution in [3.05, 3.63) is 53.6 Å². The van der Waals surface area contributed by atoms with Crippen LogP contribution in [0, 0.1) is 11.8 Å². The Morgan fingerprint density at radius 1 is 1.23 bits per heavy atom. The van der Waals surface area contributed by atoms with E-state index in [2.05, 4.69) is 18.2 Å². The van der Waals surface area contributed by atoms with E-state index >= 15 is 0 Å². The molecule has 2 rings (SSSR count). The molecule has 2 N–H and O–H groups in total. The fourth-order valence-corrected chi connectivity index (χ4v) is 4.56. The third-order valence-electron chi connectivity index (χ3n) is 5.72. The highest BCUT2D eigenvalue weighted by Gasteiger charge is 2.32. The summed E-state index contributed by atoms with van der Waals surface area (Å²) >= 11 is 6.55. The van der Waals surface area contributed by atoms with Gasteiger partial charge >= 0.3 is 5.97 Å². The standard InChI is InChI=1S/C25H35ClO5/c1-30-17-19-13-18(15-22(16-19)31-2)14-21(27)11-9-20-10-12-24(26)23(20)7-5-3-4-6-8-25(28)29/h3,5,9,11,13,15-16,20-21,23-24,27H,4,6-8,10,12,14,17H2,1-2H3,(H,28,29)/b5-3-,11-9+/t20?,21?,23-,24?/m1/s1. The smallest absolute Gasteiger partial charge is 0.303 e. The Labute approximate surface area is 190 Å². The maximum Gasteiger partial charge on any atom is 0.303 e. The van der Waals surface area contributed by atoms with E-state index in [0.29, 0.717) is 31.3 Å². The normalized spacial score (nSPS) is 22.4. The summed E-state index contributed by atoms with van der Waals surface area (Å²) in [5.74, 6) is 0.690. The number of rotatable bonds is 13. The minimum Gasteiger partial charge on any atom is -0.497 e. The zero-order chi connectivity index (χ0) is 22.6. The lowest BCUT2D eigenvalue weighted by molar-refractivity contribution is -0.137. The number of carbonyl (C=O) groups is 1. The van der Waals surface area contributed by atoms with Crippen molar-refractivity contribution >= 4 is 17.6 Å². The van der Waals surface area contributed by atoms with Gasteiger partial charge in [-0.15, -0.1) is 11.6 Å². The quantitative estimate of drug-likeness (QED) is 0.247. The molecule has 0 radical (unpaired) electrons. The molecule has 1 aliphatic carbocycles. The van der Waals surface area contributed by atoms with Gasteiger partial charge in [-0.2, -0.15) is 0 Å². The second-order valence-electron chi connectivity index (χ2n) is 8.19. The maximum atomic E-state index is 10.6. The lowest BCUT2D eigenvalue weighted by atomic mass is 9.91. The van der Waals surface area contributed by atoms with Gasteiger partial charge in [0.15, 0.2) is 0 Å². The fourth-order valence-electron chi connectivity index (χ4n) is 4.15. The first-order chi connectivity index (χ1) is 14.9. The molecular weight excluding hydrogens is 416 g/mol. The number of methoxy groups -OCH3 is 2. The summed E-state index contributed by atoms with van der Waals surface area (Å²) in [6.07, 6.45) is 12.6. The molecule has 1 fully saturated rings. The molecule has 0 bridgehead atoms. The van der Waals surface area contributed by atoms with E-state index in [1.54, 1.807) is 14.2 Å². The van der Waals surface area contributed by atoms with Crippen LogP contribution in [0.2, 0.25) is 0 Å². The average molecular weight is 451 g/mol. The number of halogens is 1. The van der Waals surface area contributed by atoms with Crippen molar-refractivity contribution in [3.8, 4) is 5.75 Å². The number of aliphatic carboxylic acids is 1. The first kappa shape index (κ1) is 25.4. The number of benzene rings is 1. The number of ether oxygens (including phenoxy) is 2. The Hall–Kier alpha value is -1.82. The molecule has 172 valence electrons. The predicted octanol–water partition coefficient (Wildman–Crippen LogP) is 5.14. The van der Waals surface area contributed by atoms with Crippen LogP contribution in [0.4, 0.5) is 0 Å². The van der Waals surface area contributed by atoms with Crippen LogP contribution in [0.15, 0.2) is 42.5 Å². The molecule has 1 saturated carbocycles. The molecule has 0 amide bonds. The van der Waals surface area contributed by atoms with E-state index in [1.807, 2.05) is 24.3 Å². The van der Waals surface area contributed by atoms with Gasteiger partial charge in [0, 0.05) is 25.3 Å². The van der Waals surface area contributed by atoms with E-state index in [-0.39, 0.29) is 11.8 Å². The minimum atomic E-state index is -0.752. The van der Waals surface area contributed by atoms with Crippen LogP contribution >= 0.6 is 11.6 Å². The van der Waals surface area contributed by atoms with Crippen LogP contribution in [0.1, 0.15) is 49.7 Å². The molecule has 0 aliphatic heterocycles. The van der Waals surface area contributed by atoms with E-state index in [4.69, 9.17) is 26.2 Å². The highest BCUT2D eigenvalue weighted by molar-refractivity contribution is 6.21. The Morgan fingerprint density at radius 3 is 2.71 bits per heavy atom. The van der Waals surface area contributed by atoms with E-state index in [0.717, 1.165) is 42.6 Å². The van der Waals surface area contributed by atoms with Crippen LogP contribution in [-0.2, 0) is 22.6 Å². The molecular formula is C25H35ClO5. The lowest BCUT2D eigenvalue weighted by Gasteiger charge is -2.18. The zero-order valence-electron chi connectivity index (χ0n) is 18.5. The van der Waals surface area contributed by atoms with Crippen LogP contribution in [0.25, 0.3) is 0 Å². The van der Waals surface area contributed by atoms with Gasteiger partial charge in [0.2, 0.25) is 0 Å². The summed E-state index contributed by atoms with van der Waals surface area (Å²) in [6.45, 7) is 0.501. The van der Waals surface area contributed by atoms with Gasteiger partial charge in [-0.1, -0.05) is 30.4 Å². The molecule has 1 aliphatic rings. The topological polar surface area (TPSA) is 76.0 Å². The molecule has 6 heteroatoms. The highest BCUT2D eigenvalue weighted by atomic mass is 35.5. The summed E-state index contributed by atoms with van der Waals surface area (Å²) in [5, 5.41) is 19.4. The van der Waals surface area contributed by atoms with E-state index < -0.39 is 12.1 Å². The van der Waals surface area contributed by atoms with Gasteiger partial charge in [0.05, 0.1) is 19.8 Å². The van der Waals surface area contributed by atoms with E-state index in [9.17, 15) is 9.90 Å². The second kappa shape index (κ2) is 13.6. The SMILES string of the molecule is COCc1cc(CC(O)/C=C/C2CCC(Cl)[C@@H]2C/C=C\CCCC(=O)O)cc(OC)c1. The van der Waals surface area contributed by atoms with Crippen LogP contribution in [0.5, 0.6) is 5.75 Å². The fraction of sp³-hybridized carbons (Fsp3) is 0.560. The molecule has 0 heterocycles. The van der Waals surface area contributed by atoms with E-state index in [1.165, 1.54) is 0 Å². The number of allylic oxidation sites excluding steroid dienone is 3. The van der Waals surface area contributed by atoms with Crippen molar-refractivity contribution in [2.75, 3.05) is 14.2 Å². The van der Waals surface area contributed by atoms with Crippen molar-refractivity contribution in [2.24, 2.45) is 11.8 Å². The molecule has 1 aromatic rings. The number of aliphatic hydroxyl groups is 1. The Morgan fingerprint density at radius 2 is 2.00 bits per heavy atom. The summed E-state index contributed by atoms with van der Waals surface area (Å²) in [6, 6.07) is 5.91. The molecule has 1 aromatic carbocycles. The van der Waals surface area contributed by atoms with Gasteiger partial charge in [-0.05, 0) is 67.2 Å². The lowest BCUT2D eigenvalue weighted by Crippen LogP contribution is -2.14. The molecule has 0 aromatic heterocycles. The average Bonchev–Trinajstić information content (AvgIpc) is 3.08. The summed E-state index contributed by atoms with van der Waals surface area (Å²) in [7, 11) is 3.29. The number of carboxylic acid groups (broad SMARTS) is 1. The Balaban J connectivity index is 1.90. The largest absolute Gasteiger partial charge is 0.497 e. The van der Waals surface area contributed by atoms with Gasteiger partial charge < -0.3 is 19.7 Å². The van der Waals surface area contributed by atoms with Crippen LogP contribution < -0.4 is 4.74 Å². The number of carboxylic acids is 1. The van der Waals surface area contributed by atoms with Gasteiger partial charge in [0.1, 0.15) is 5.75 Å². The molecule has 5 nitrogen and oxygen atoms in total. The Bertz CT molecular complexity index is 745. The third-order valence-corrected chi connectivity index (χ3v) is 6.27. The molecule has 4 atom stereocenters. The summed E-state index contributed by atoms with van der Waals surface area (Å²) in [5.41, 5.74) is 2.02. The van der Waals surface area contributed by atoms with Crippen LogP contribution in [-0.4, -0.2) is 41.9 Å². The first-order valence-electron chi connectivity index (χ1n) is 11.0. The first-order valence-corrected chi connectivity index (χ1v) is 11.4. The molecule has 3 unspecified atom stereocenters.